The van der Waals surface area contributed by atoms with E-state index in [9.17, 15) is 9.90 Å². The molecule has 1 aromatic carbocycles. The van der Waals surface area contributed by atoms with E-state index in [0.29, 0.717) is 29.6 Å². The van der Waals surface area contributed by atoms with E-state index in [2.05, 4.69) is 15.3 Å². The molecule has 0 radical (unpaired) electrons. The minimum absolute atomic E-state index is 0. The summed E-state index contributed by atoms with van der Waals surface area (Å²) >= 11 is 5.93. The monoisotopic (exact) mass is 356 g/mol. The van der Waals surface area contributed by atoms with Crippen molar-refractivity contribution in [2.45, 2.75) is 6.42 Å². The standard InChI is InChI=1S/C15H17ClN4O2.ClH/c1-20(2)7-6-13-12(14(21)22)9-17-15(19-13)18-11-5-3-4-10(16)8-11;/h3-5,8-9H,6-7H2,1-2H3,(H,21,22)(H,17,18,19);1H. The van der Waals surface area contributed by atoms with Gasteiger partial charge < -0.3 is 15.3 Å². The largest absolute Gasteiger partial charge is 0.478 e. The van der Waals surface area contributed by atoms with Crippen molar-refractivity contribution in [3.05, 3.63) is 46.7 Å². The molecule has 2 rings (SSSR count). The highest BCUT2D eigenvalue weighted by atomic mass is 35.5. The van der Waals surface area contributed by atoms with Gasteiger partial charge in [-0.1, -0.05) is 17.7 Å². The number of nitrogens with one attached hydrogen (secondary N) is 1. The number of carboxylic acid groups (broad SMARTS) is 1. The Morgan fingerprint density at radius 3 is 2.74 bits per heavy atom. The molecule has 0 spiro atoms. The van der Waals surface area contributed by atoms with Gasteiger partial charge in [0.1, 0.15) is 0 Å². The van der Waals surface area contributed by atoms with E-state index >= 15 is 0 Å². The lowest BCUT2D eigenvalue weighted by Gasteiger charge is -2.12. The fourth-order valence-electron chi connectivity index (χ4n) is 1.87. The molecule has 0 atom stereocenters. The Morgan fingerprint density at radius 1 is 1.39 bits per heavy atom. The summed E-state index contributed by atoms with van der Waals surface area (Å²) in [4.78, 5) is 21.6. The fraction of sp³-hybridized carbons (Fsp3) is 0.267. The quantitative estimate of drug-likeness (QED) is 0.827. The number of hydrogen-bond donors (Lipinski definition) is 2. The molecule has 124 valence electrons. The van der Waals surface area contributed by atoms with Crippen LogP contribution in [0.15, 0.2) is 30.5 Å². The lowest BCUT2D eigenvalue weighted by molar-refractivity contribution is 0.0694. The van der Waals surface area contributed by atoms with Crippen LogP contribution in [0.1, 0.15) is 16.1 Å². The van der Waals surface area contributed by atoms with Crippen LogP contribution in [0.2, 0.25) is 5.02 Å². The third-order valence-corrected chi connectivity index (χ3v) is 3.21. The first kappa shape index (κ1) is 19.2. The number of likely N-dealkylation sites (N-methyl/N-ethyl adjacent to an activating group) is 1. The Labute approximate surface area is 145 Å². The second-order valence-corrected chi connectivity index (χ2v) is 5.48. The first-order valence-corrected chi connectivity index (χ1v) is 7.10. The van der Waals surface area contributed by atoms with Crippen LogP contribution < -0.4 is 5.32 Å². The SMILES string of the molecule is CN(C)CCc1nc(Nc2cccc(Cl)c2)ncc1C(=O)O.Cl. The van der Waals surface area contributed by atoms with Gasteiger partial charge in [-0.05, 0) is 32.3 Å². The summed E-state index contributed by atoms with van der Waals surface area (Å²) < 4.78 is 0. The van der Waals surface area contributed by atoms with Gasteiger partial charge in [-0.3, -0.25) is 0 Å². The van der Waals surface area contributed by atoms with Crippen molar-refractivity contribution < 1.29 is 9.90 Å². The van der Waals surface area contributed by atoms with Crippen molar-refractivity contribution in [2.75, 3.05) is 26.0 Å². The van der Waals surface area contributed by atoms with E-state index in [1.807, 2.05) is 31.1 Å². The lowest BCUT2D eigenvalue weighted by Crippen LogP contribution is -2.18. The molecule has 1 aromatic heterocycles. The van der Waals surface area contributed by atoms with Crippen LogP contribution in [0, 0.1) is 0 Å². The second-order valence-electron chi connectivity index (χ2n) is 5.05. The Morgan fingerprint density at radius 2 is 2.13 bits per heavy atom. The third-order valence-electron chi connectivity index (χ3n) is 2.97. The molecule has 0 saturated carbocycles. The van der Waals surface area contributed by atoms with Crippen molar-refractivity contribution in [3.63, 3.8) is 0 Å². The Balaban J connectivity index is 0.00000264. The van der Waals surface area contributed by atoms with Crippen LogP contribution in [0.5, 0.6) is 0 Å². The zero-order chi connectivity index (χ0) is 16.1. The lowest BCUT2D eigenvalue weighted by atomic mass is 10.2. The summed E-state index contributed by atoms with van der Waals surface area (Å²) in [6.45, 7) is 0.702. The molecule has 1 heterocycles. The topological polar surface area (TPSA) is 78.4 Å². The number of carboxylic acids is 1. The number of anilines is 2. The van der Waals surface area contributed by atoms with Crippen molar-refractivity contribution in [2.24, 2.45) is 0 Å². The van der Waals surface area contributed by atoms with Crippen LogP contribution in [0.3, 0.4) is 0 Å². The number of halogens is 2. The summed E-state index contributed by atoms with van der Waals surface area (Å²) in [6.07, 6.45) is 1.86. The van der Waals surface area contributed by atoms with Gasteiger partial charge in [-0.25, -0.2) is 14.8 Å². The molecular formula is C15H18Cl2N4O2. The zero-order valence-corrected chi connectivity index (χ0v) is 14.4. The van der Waals surface area contributed by atoms with Crippen LogP contribution in [0.4, 0.5) is 11.6 Å². The van der Waals surface area contributed by atoms with Crippen LogP contribution >= 0.6 is 24.0 Å². The number of nitrogens with zero attached hydrogens (tertiary/aromatic N) is 3. The predicted octanol–water partition coefficient (Wildman–Crippen LogP) is 3.10. The second kappa shape index (κ2) is 8.67. The van der Waals surface area contributed by atoms with Crippen molar-refractivity contribution in [1.82, 2.24) is 14.9 Å². The maximum absolute atomic E-state index is 11.2. The summed E-state index contributed by atoms with van der Waals surface area (Å²) in [6, 6.07) is 7.15. The highest BCUT2D eigenvalue weighted by Gasteiger charge is 2.14. The summed E-state index contributed by atoms with van der Waals surface area (Å²) in [7, 11) is 3.85. The Hall–Kier alpha value is -1.89. The minimum Gasteiger partial charge on any atom is -0.478 e. The first-order valence-electron chi connectivity index (χ1n) is 6.72. The van der Waals surface area contributed by atoms with Gasteiger partial charge in [-0.2, -0.15) is 0 Å². The molecule has 0 amide bonds. The molecule has 0 aliphatic carbocycles. The van der Waals surface area contributed by atoms with E-state index in [4.69, 9.17) is 11.6 Å². The molecule has 0 aliphatic heterocycles. The van der Waals surface area contributed by atoms with Crippen molar-refractivity contribution >= 4 is 41.6 Å². The zero-order valence-electron chi connectivity index (χ0n) is 12.8. The molecular weight excluding hydrogens is 339 g/mol. The highest BCUT2D eigenvalue weighted by molar-refractivity contribution is 6.30. The number of rotatable bonds is 6. The number of aromatic nitrogens is 2. The van der Waals surface area contributed by atoms with E-state index < -0.39 is 5.97 Å². The molecule has 8 heteroatoms. The van der Waals surface area contributed by atoms with Gasteiger partial charge in [0, 0.05) is 29.9 Å². The molecule has 23 heavy (non-hydrogen) atoms. The Bertz CT molecular complexity index is 680. The molecule has 0 saturated heterocycles. The predicted molar refractivity (Wildman–Crippen MR) is 93.2 cm³/mol. The summed E-state index contributed by atoms with van der Waals surface area (Å²) in [5.74, 6) is -0.677. The van der Waals surface area contributed by atoms with Gasteiger partial charge in [-0.15, -0.1) is 12.4 Å². The summed E-state index contributed by atoms with van der Waals surface area (Å²) in [5.41, 5.74) is 1.37. The Kier molecular flexibility index (Phi) is 7.22. The average molecular weight is 357 g/mol. The number of hydrogen-bond acceptors (Lipinski definition) is 5. The van der Waals surface area contributed by atoms with Gasteiger partial charge in [0.05, 0.1) is 11.3 Å². The van der Waals surface area contributed by atoms with Crippen molar-refractivity contribution in [1.29, 1.82) is 0 Å². The van der Waals surface area contributed by atoms with Crippen LogP contribution in [-0.4, -0.2) is 46.6 Å². The average Bonchev–Trinajstić information content (AvgIpc) is 2.45. The van der Waals surface area contributed by atoms with E-state index in [1.54, 1.807) is 12.1 Å². The van der Waals surface area contributed by atoms with Gasteiger partial charge in [0.2, 0.25) is 5.95 Å². The third kappa shape index (κ3) is 5.67. The molecule has 2 N–H and O–H groups in total. The maximum atomic E-state index is 11.2. The van der Waals surface area contributed by atoms with E-state index in [0.717, 1.165) is 5.69 Å². The van der Waals surface area contributed by atoms with Gasteiger partial charge in [0.15, 0.2) is 0 Å². The van der Waals surface area contributed by atoms with Crippen molar-refractivity contribution in [3.8, 4) is 0 Å². The van der Waals surface area contributed by atoms with E-state index in [-0.39, 0.29) is 18.0 Å². The number of aromatic carboxylic acids is 1. The number of benzene rings is 1. The first-order chi connectivity index (χ1) is 10.5. The molecule has 2 aromatic rings. The molecule has 0 aliphatic rings. The van der Waals surface area contributed by atoms with E-state index in [1.165, 1.54) is 6.20 Å². The highest BCUT2D eigenvalue weighted by Crippen LogP contribution is 2.19. The van der Waals surface area contributed by atoms with Crippen LogP contribution in [-0.2, 0) is 6.42 Å². The molecule has 6 nitrogen and oxygen atoms in total. The molecule has 0 unspecified atom stereocenters. The normalized spacial score (nSPS) is 10.3. The smallest absolute Gasteiger partial charge is 0.339 e. The van der Waals surface area contributed by atoms with Crippen LogP contribution in [0.25, 0.3) is 0 Å². The minimum atomic E-state index is -1.02. The maximum Gasteiger partial charge on any atom is 0.339 e. The fourth-order valence-corrected chi connectivity index (χ4v) is 2.06. The summed E-state index contributed by atoms with van der Waals surface area (Å²) in [5, 5.41) is 12.8. The molecule has 0 fully saturated rings. The number of carbonyl (C=O) groups is 1. The van der Waals surface area contributed by atoms with Gasteiger partial charge >= 0.3 is 5.97 Å². The van der Waals surface area contributed by atoms with Gasteiger partial charge in [0.25, 0.3) is 0 Å². The molecule has 0 bridgehead atoms.